The van der Waals surface area contributed by atoms with Crippen molar-refractivity contribution in [2.45, 2.75) is 18.7 Å². The van der Waals surface area contributed by atoms with E-state index in [4.69, 9.17) is 14.9 Å². The van der Waals surface area contributed by atoms with Crippen molar-refractivity contribution in [1.29, 1.82) is 0 Å². The number of hydrogen-bond donors (Lipinski definition) is 2. The van der Waals surface area contributed by atoms with Crippen molar-refractivity contribution in [1.82, 2.24) is 4.90 Å². The van der Waals surface area contributed by atoms with E-state index in [0.717, 1.165) is 0 Å². The molecule has 0 aromatic carbocycles. The minimum atomic E-state index is -1.14. The third-order valence-corrected chi connectivity index (χ3v) is 2.29. The molecule has 2 N–H and O–H groups in total. The van der Waals surface area contributed by atoms with Crippen molar-refractivity contribution in [3.8, 4) is 0 Å². The number of aliphatic hydroxyl groups excluding tert-OH is 1. The first-order valence-electron chi connectivity index (χ1n) is 4.16. The molecule has 0 bridgehead atoms. The molecule has 78 valence electrons. The third-order valence-electron chi connectivity index (χ3n) is 2.29. The van der Waals surface area contributed by atoms with E-state index in [1.165, 1.54) is 11.0 Å². The van der Waals surface area contributed by atoms with Crippen molar-refractivity contribution in [2.75, 3.05) is 6.61 Å². The van der Waals surface area contributed by atoms with Crippen LogP contribution in [0.4, 0.5) is 0 Å². The summed E-state index contributed by atoms with van der Waals surface area (Å²) < 4.78 is 5.17. The molecule has 0 aliphatic carbocycles. The summed E-state index contributed by atoms with van der Waals surface area (Å²) in [4.78, 5) is 23.1. The Morgan fingerprint density at radius 3 is 2.80 bits per heavy atom. The maximum atomic E-state index is 11.1. The van der Waals surface area contributed by atoms with Gasteiger partial charge in [0.15, 0.2) is 12.3 Å². The van der Waals surface area contributed by atoms with Gasteiger partial charge in [0.25, 0.3) is 0 Å². The van der Waals surface area contributed by atoms with E-state index in [0.29, 0.717) is 0 Å². The Hall–Kier alpha value is 0.0764. The molecule has 1 amide bonds. The number of β-lactam (4-membered cyclic amide) rings is 1. The van der Waals surface area contributed by atoms with Gasteiger partial charge in [0, 0.05) is 0 Å². The summed E-state index contributed by atoms with van der Waals surface area (Å²) in [5, 5.41) is 17.5. The molecule has 0 unspecified atom stereocenters. The number of amides is 1. The van der Waals surface area contributed by atoms with E-state index >= 15 is 0 Å². The molecule has 2 heterocycles. The molecule has 7 heteroatoms. The number of nitrogens with zero attached hydrogens (tertiary/aromatic N) is 1. The van der Waals surface area contributed by atoms with Crippen LogP contribution in [-0.2, 0) is 14.3 Å². The van der Waals surface area contributed by atoms with Gasteiger partial charge < -0.3 is 14.9 Å². The average Bonchev–Trinajstić information content (AvgIpc) is 2.39. The second-order valence-electron chi connectivity index (χ2n) is 3.11. The summed E-state index contributed by atoms with van der Waals surface area (Å²) in [7, 11) is 0. The SMILES string of the molecule is O=C(O)[C@H]1/C(=C/CO)O[C@@H]2CC(=O)N21.[KH]. The van der Waals surface area contributed by atoms with E-state index in [1.54, 1.807) is 0 Å². The number of aliphatic carboxylic acids is 1. The fourth-order valence-electron chi connectivity index (χ4n) is 1.66. The molecule has 0 saturated carbocycles. The van der Waals surface area contributed by atoms with Gasteiger partial charge in [0.1, 0.15) is 5.76 Å². The molecule has 15 heavy (non-hydrogen) atoms. The molecule has 2 aliphatic heterocycles. The number of ether oxygens (including phenoxy) is 1. The van der Waals surface area contributed by atoms with Gasteiger partial charge in [-0.25, -0.2) is 4.79 Å². The van der Waals surface area contributed by atoms with Gasteiger partial charge in [-0.3, -0.25) is 9.69 Å². The molecular weight excluding hydrogens is 229 g/mol. The van der Waals surface area contributed by atoms with Crippen LogP contribution in [-0.4, -0.2) is 97.3 Å². The van der Waals surface area contributed by atoms with Gasteiger partial charge in [-0.1, -0.05) is 0 Å². The summed E-state index contributed by atoms with van der Waals surface area (Å²) in [5.41, 5.74) is 0. The van der Waals surface area contributed by atoms with Crippen LogP contribution in [0.3, 0.4) is 0 Å². The Morgan fingerprint density at radius 1 is 1.67 bits per heavy atom. The molecule has 2 atom stereocenters. The molecule has 2 aliphatic rings. The first kappa shape index (κ1) is 13.1. The number of carbonyl (C=O) groups is 2. The number of rotatable bonds is 2. The second kappa shape index (κ2) is 4.94. The van der Waals surface area contributed by atoms with Crippen molar-refractivity contribution in [2.24, 2.45) is 0 Å². The number of hydrogen-bond acceptors (Lipinski definition) is 4. The van der Waals surface area contributed by atoms with Gasteiger partial charge in [-0.2, -0.15) is 0 Å². The summed E-state index contributed by atoms with van der Waals surface area (Å²) in [5.74, 6) is -1.22. The number of carboxylic acid groups (broad SMARTS) is 1. The predicted octanol–water partition coefficient (Wildman–Crippen LogP) is -1.74. The standard InChI is InChI=1S/C8H9NO5.K.H/c10-2-1-4-7(8(12)13)9-5(11)3-6(9)14-4;;/h1,6-7,10H,2-3H2,(H,12,13);;/b4-1-;;/t6-,7-;;/m1../s1. The normalized spacial score (nSPS) is 30.3. The van der Waals surface area contributed by atoms with Crippen LogP contribution >= 0.6 is 0 Å². The Morgan fingerprint density at radius 2 is 2.33 bits per heavy atom. The molecule has 6 nitrogen and oxygen atoms in total. The van der Waals surface area contributed by atoms with Crippen LogP contribution in [0.5, 0.6) is 0 Å². The van der Waals surface area contributed by atoms with Crippen LogP contribution in [0.25, 0.3) is 0 Å². The zero-order valence-corrected chi connectivity index (χ0v) is 7.21. The monoisotopic (exact) mass is 239 g/mol. The molecule has 0 spiro atoms. The molecule has 2 fully saturated rings. The van der Waals surface area contributed by atoms with Crippen molar-refractivity contribution in [3.63, 3.8) is 0 Å². The molecule has 2 rings (SSSR count). The summed E-state index contributed by atoms with van der Waals surface area (Å²) in [6.07, 6.45) is 1.03. The van der Waals surface area contributed by atoms with Gasteiger partial charge in [-0.05, 0) is 6.08 Å². The molecule has 0 aromatic heterocycles. The zero-order chi connectivity index (χ0) is 10.3. The third kappa shape index (κ3) is 2.13. The Kier molecular flexibility index (Phi) is 4.33. The van der Waals surface area contributed by atoms with Crippen LogP contribution in [0.1, 0.15) is 6.42 Å². The summed E-state index contributed by atoms with van der Waals surface area (Å²) in [6, 6.07) is -1.06. The Bertz CT molecular complexity index is 329. The summed E-state index contributed by atoms with van der Waals surface area (Å²) in [6.45, 7) is -0.298. The molecular formula is C8H10KNO5. The van der Waals surface area contributed by atoms with Crippen LogP contribution in [0.2, 0.25) is 0 Å². The maximum absolute atomic E-state index is 11.1. The van der Waals surface area contributed by atoms with Gasteiger partial charge in [0.05, 0.1) is 13.0 Å². The van der Waals surface area contributed by atoms with Crippen molar-refractivity contribution in [3.05, 3.63) is 11.8 Å². The van der Waals surface area contributed by atoms with Gasteiger partial charge in [-0.15, -0.1) is 0 Å². The zero-order valence-electron chi connectivity index (χ0n) is 7.21. The fraction of sp³-hybridized carbons (Fsp3) is 0.500. The number of carboxylic acids is 1. The van der Waals surface area contributed by atoms with E-state index < -0.39 is 18.2 Å². The average molecular weight is 239 g/mol. The van der Waals surface area contributed by atoms with E-state index in [2.05, 4.69) is 0 Å². The fourth-order valence-corrected chi connectivity index (χ4v) is 1.66. The molecule has 0 aromatic rings. The van der Waals surface area contributed by atoms with E-state index in [9.17, 15) is 9.59 Å². The van der Waals surface area contributed by atoms with E-state index in [1.807, 2.05) is 0 Å². The van der Waals surface area contributed by atoms with Gasteiger partial charge in [0.2, 0.25) is 5.91 Å². The first-order chi connectivity index (χ1) is 6.65. The Balaban J connectivity index is 0.00000112. The molecule has 2 saturated heterocycles. The second-order valence-corrected chi connectivity index (χ2v) is 3.11. The first-order valence-corrected chi connectivity index (χ1v) is 4.16. The van der Waals surface area contributed by atoms with Crippen LogP contribution < -0.4 is 0 Å². The topological polar surface area (TPSA) is 87.1 Å². The van der Waals surface area contributed by atoms with E-state index in [-0.39, 0.29) is 76.1 Å². The van der Waals surface area contributed by atoms with Crippen LogP contribution in [0, 0.1) is 0 Å². The number of fused-ring (bicyclic) bond motifs is 1. The van der Waals surface area contributed by atoms with Crippen LogP contribution in [0.15, 0.2) is 11.8 Å². The quantitative estimate of drug-likeness (QED) is 0.441. The predicted molar refractivity (Wildman–Crippen MR) is 50.1 cm³/mol. The number of aliphatic hydroxyl groups is 1. The van der Waals surface area contributed by atoms with Gasteiger partial charge >= 0.3 is 57.4 Å². The van der Waals surface area contributed by atoms with Crippen molar-refractivity contribution >= 4 is 63.3 Å². The summed E-state index contributed by atoms with van der Waals surface area (Å²) >= 11 is 0. The van der Waals surface area contributed by atoms with Crippen molar-refractivity contribution < 1.29 is 24.5 Å². The minimum absolute atomic E-state index is 0. The Labute approximate surface area is 128 Å². The number of carbonyl (C=O) groups excluding carboxylic acids is 1. The molecule has 0 radical (unpaired) electrons.